The van der Waals surface area contributed by atoms with E-state index in [0.29, 0.717) is 11.7 Å². The lowest BCUT2D eigenvalue weighted by Crippen LogP contribution is -2.19. The molecule has 1 fully saturated rings. The third kappa shape index (κ3) is 4.36. The van der Waals surface area contributed by atoms with Gasteiger partial charge in [0.05, 0.1) is 0 Å². The summed E-state index contributed by atoms with van der Waals surface area (Å²) in [5.74, 6) is 2.55. The fraction of sp³-hybridized carbons (Fsp3) is 0.929. The quantitative estimate of drug-likeness (QED) is 0.664. The van der Waals surface area contributed by atoms with E-state index in [1.165, 1.54) is 19.3 Å². The average Bonchev–Trinajstić information content (AvgIpc) is 2.20. The van der Waals surface area contributed by atoms with Crippen molar-refractivity contribution in [2.75, 3.05) is 0 Å². The summed E-state index contributed by atoms with van der Waals surface area (Å²) in [6, 6.07) is 0. The zero-order chi connectivity index (χ0) is 11.3. The Morgan fingerprint density at radius 1 is 1.27 bits per heavy atom. The molecule has 0 amide bonds. The van der Waals surface area contributed by atoms with Crippen LogP contribution in [-0.2, 0) is 4.79 Å². The van der Waals surface area contributed by atoms with Crippen LogP contribution in [0.4, 0.5) is 0 Å². The molecule has 0 spiro atoms. The Morgan fingerprint density at radius 3 is 2.60 bits per heavy atom. The van der Waals surface area contributed by atoms with Crippen molar-refractivity contribution in [2.24, 2.45) is 17.8 Å². The van der Waals surface area contributed by atoms with Crippen LogP contribution >= 0.6 is 0 Å². The minimum Gasteiger partial charge on any atom is -0.299 e. The molecule has 0 saturated heterocycles. The average molecular weight is 210 g/mol. The predicted molar refractivity (Wildman–Crippen MR) is 64.8 cm³/mol. The molecule has 0 aromatic heterocycles. The van der Waals surface area contributed by atoms with Crippen molar-refractivity contribution < 1.29 is 4.79 Å². The number of hydrogen-bond donors (Lipinski definition) is 0. The van der Waals surface area contributed by atoms with Crippen LogP contribution in [0.5, 0.6) is 0 Å². The van der Waals surface area contributed by atoms with Crippen molar-refractivity contribution in [1.82, 2.24) is 0 Å². The highest BCUT2D eigenvalue weighted by molar-refractivity contribution is 5.81. The van der Waals surface area contributed by atoms with Crippen LogP contribution < -0.4 is 0 Å². The molecule has 0 aromatic carbocycles. The largest absolute Gasteiger partial charge is 0.299 e. The van der Waals surface area contributed by atoms with Crippen molar-refractivity contribution in [3.05, 3.63) is 0 Å². The molecule has 1 aliphatic carbocycles. The Balaban J connectivity index is 2.16. The van der Waals surface area contributed by atoms with Gasteiger partial charge in [-0.25, -0.2) is 0 Å². The Hall–Kier alpha value is -0.330. The van der Waals surface area contributed by atoms with Gasteiger partial charge in [0.15, 0.2) is 0 Å². The van der Waals surface area contributed by atoms with Gasteiger partial charge >= 0.3 is 0 Å². The van der Waals surface area contributed by atoms with Crippen LogP contribution in [0.1, 0.15) is 65.7 Å². The highest BCUT2D eigenvalue weighted by atomic mass is 16.1. The zero-order valence-electron chi connectivity index (χ0n) is 10.6. The Bertz CT molecular complexity index is 196. The van der Waals surface area contributed by atoms with E-state index in [1.807, 2.05) is 0 Å². The lowest BCUT2D eigenvalue weighted by molar-refractivity contribution is -0.124. The minimum atomic E-state index is 0.415. The number of rotatable bonds is 5. The molecular weight excluding hydrogens is 184 g/mol. The number of carbonyl (C=O) groups is 1. The molecular formula is C14H26O. The van der Waals surface area contributed by atoms with E-state index in [2.05, 4.69) is 20.8 Å². The molecule has 0 aliphatic heterocycles. The molecule has 1 saturated carbocycles. The highest BCUT2D eigenvalue weighted by Gasteiger charge is 2.21. The molecule has 2 unspecified atom stereocenters. The van der Waals surface area contributed by atoms with Crippen LogP contribution in [0.2, 0.25) is 0 Å². The second-order valence-corrected chi connectivity index (χ2v) is 5.56. The van der Waals surface area contributed by atoms with Gasteiger partial charge in [-0.1, -0.05) is 40.0 Å². The van der Waals surface area contributed by atoms with E-state index >= 15 is 0 Å². The van der Waals surface area contributed by atoms with E-state index in [4.69, 9.17) is 0 Å². The summed E-state index contributed by atoms with van der Waals surface area (Å²) in [5.41, 5.74) is 0. The van der Waals surface area contributed by atoms with Crippen LogP contribution in [0, 0.1) is 17.8 Å². The van der Waals surface area contributed by atoms with Crippen LogP contribution in [0.25, 0.3) is 0 Å². The monoisotopic (exact) mass is 210 g/mol. The summed E-state index contributed by atoms with van der Waals surface area (Å²) in [6.07, 6.45) is 8.11. The van der Waals surface area contributed by atoms with E-state index in [9.17, 15) is 4.79 Å². The lowest BCUT2D eigenvalue weighted by Gasteiger charge is -2.21. The molecule has 1 rings (SSSR count). The molecule has 0 N–H and O–H groups in total. The van der Waals surface area contributed by atoms with Gasteiger partial charge in [0.25, 0.3) is 0 Å². The first-order valence-corrected chi connectivity index (χ1v) is 6.64. The number of ketones is 1. The summed E-state index contributed by atoms with van der Waals surface area (Å²) < 4.78 is 0. The van der Waals surface area contributed by atoms with Crippen molar-refractivity contribution in [3.8, 4) is 0 Å². The van der Waals surface area contributed by atoms with Gasteiger partial charge in [-0.15, -0.1) is 0 Å². The third-order valence-corrected chi connectivity index (χ3v) is 4.03. The zero-order valence-corrected chi connectivity index (χ0v) is 10.6. The van der Waals surface area contributed by atoms with Gasteiger partial charge in [0, 0.05) is 12.3 Å². The van der Waals surface area contributed by atoms with Gasteiger partial charge < -0.3 is 0 Å². The van der Waals surface area contributed by atoms with Crippen LogP contribution in [0.3, 0.4) is 0 Å². The van der Waals surface area contributed by atoms with Crippen molar-refractivity contribution in [1.29, 1.82) is 0 Å². The van der Waals surface area contributed by atoms with Crippen molar-refractivity contribution >= 4 is 5.78 Å². The summed E-state index contributed by atoms with van der Waals surface area (Å²) in [4.78, 5) is 11.6. The fourth-order valence-electron chi connectivity index (χ4n) is 2.38. The Morgan fingerprint density at radius 2 is 2.00 bits per heavy atom. The summed E-state index contributed by atoms with van der Waals surface area (Å²) in [7, 11) is 0. The minimum absolute atomic E-state index is 0.415. The van der Waals surface area contributed by atoms with E-state index in [0.717, 1.165) is 37.5 Å². The predicted octanol–water partition coefficient (Wildman–Crippen LogP) is 4.21. The molecule has 1 nitrogen and oxygen atoms in total. The van der Waals surface area contributed by atoms with E-state index in [-0.39, 0.29) is 0 Å². The lowest BCUT2D eigenvalue weighted by atomic mass is 9.83. The summed E-state index contributed by atoms with van der Waals surface area (Å²) >= 11 is 0. The topological polar surface area (TPSA) is 17.1 Å². The van der Waals surface area contributed by atoms with Crippen molar-refractivity contribution in [2.45, 2.75) is 65.7 Å². The summed E-state index contributed by atoms with van der Waals surface area (Å²) in [5, 5.41) is 0. The van der Waals surface area contributed by atoms with E-state index in [1.54, 1.807) is 0 Å². The maximum Gasteiger partial charge on any atom is 0.135 e. The smallest absolute Gasteiger partial charge is 0.135 e. The van der Waals surface area contributed by atoms with Crippen LogP contribution in [-0.4, -0.2) is 5.78 Å². The van der Waals surface area contributed by atoms with Gasteiger partial charge in [-0.2, -0.15) is 0 Å². The molecule has 0 radical (unpaired) electrons. The molecule has 15 heavy (non-hydrogen) atoms. The van der Waals surface area contributed by atoms with Gasteiger partial charge in [-0.05, 0) is 31.1 Å². The third-order valence-electron chi connectivity index (χ3n) is 4.03. The van der Waals surface area contributed by atoms with Gasteiger partial charge in [0.2, 0.25) is 0 Å². The Labute approximate surface area is 94.6 Å². The Kier molecular flexibility index (Phi) is 5.35. The first-order chi connectivity index (χ1) is 7.11. The fourth-order valence-corrected chi connectivity index (χ4v) is 2.38. The number of Topliss-reactive ketones (excluding diaryl/α,β-unsaturated/α-hetero) is 1. The first kappa shape index (κ1) is 12.7. The van der Waals surface area contributed by atoms with Crippen molar-refractivity contribution in [3.63, 3.8) is 0 Å². The second kappa shape index (κ2) is 6.30. The summed E-state index contributed by atoms with van der Waals surface area (Å²) in [6.45, 7) is 6.90. The maximum absolute atomic E-state index is 11.6. The van der Waals surface area contributed by atoms with Crippen LogP contribution in [0.15, 0.2) is 0 Å². The molecule has 0 heterocycles. The molecule has 2 atom stereocenters. The van der Waals surface area contributed by atoms with E-state index < -0.39 is 0 Å². The number of carbonyl (C=O) groups excluding carboxylic acids is 1. The first-order valence-electron chi connectivity index (χ1n) is 6.64. The maximum atomic E-state index is 11.6. The molecule has 1 aliphatic rings. The highest BCUT2D eigenvalue weighted by Crippen LogP contribution is 2.26. The molecule has 1 heteroatoms. The molecule has 0 aromatic rings. The standard InChI is InChI=1S/C14H26O/c1-11(2)12(3)7-6-9-13-8-4-5-10-14(13)15/h11-13H,4-10H2,1-3H3. The molecule has 88 valence electrons. The normalized spacial score (nSPS) is 24.5. The second-order valence-electron chi connectivity index (χ2n) is 5.56. The number of hydrogen-bond acceptors (Lipinski definition) is 1. The molecule has 0 bridgehead atoms. The van der Waals surface area contributed by atoms with Gasteiger partial charge in [-0.3, -0.25) is 4.79 Å². The SMILES string of the molecule is CC(C)C(C)CCCC1CCCCC1=O. The van der Waals surface area contributed by atoms with Gasteiger partial charge in [0.1, 0.15) is 5.78 Å².